The van der Waals surface area contributed by atoms with Crippen molar-refractivity contribution in [3.63, 3.8) is 0 Å². The van der Waals surface area contributed by atoms with E-state index in [1.165, 1.54) is 12.1 Å². The van der Waals surface area contributed by atoms with Crippen molar-refractivity contribution in [3.05, 3.63) is 27.7 Å². The molecule has 3 N–H and O–H groups in total. The lowest BCUT2D eigenvalue weighted by molar-refractivity contribution is -0.128. The van der Waals surface area contributed by atoms with Crippen LogP contribution in [0, 0.1) is 0 Å². The Morgan fingerprint density at radius 2 is 1.90 bits per heavy atom. The highest BCUT2D eigenvalue weighted by Gasteiger charge is 2.39. The number of carbonyl (C=O) groups excluding carboxylic acids is 2. The summed E-state index contributed by atoms with van der Waals surface area (Å²) in [6.45, 7) is 0.575. The van der Waals surface area contributed by atoms with Crippen LogP contribution in [0.25, 0.3) is 0 Å². The van der Waals surface area contributed by atoms with Gasteiger partial charge in [0.1, 0.15) is 0 Å². The lowest BCUT2D eigenvalue weighted by atomic mass is 10.1. The largest absolute Gasteiger partial charge is 0.396 e. The van der Waals surface area contributed by atoms with Gasteiger partial charge in [-0.15, -0.1) is 0 Å². The van der Waals surface area contributed by atoms with E-state index < -0.39 is 0 Å². The normalized spacial score (nSPS) is 21.7. The molecule has 0 radical (unpaired) electrons. The van der Waals surface area contributed by atoms with Crippen molar-refractivity contribution < 1.29 is 9.59 Å². The molecule has 7 heteroatoms. The summed E-state index contributed by atoms with van der Waals surface area (Å²) in [6.07, 6.45) is 2.48. The molecule has 1 heterocycles. The molecule has 2 amide bonds. The summed E-state index contributed by atoms with van der Waals surface area (Å²) in [5.41, 5.74) is 6.24. The fourth-order valence-corrected chi connectivity index (χ4v) is 3.04. The summed E-state index contributed by atoms with van der Waals surface area (Å²) in [5.74, 6) is -0.189. The number of amides is 2. The molecular formula is C14H15Cl2N3O2. The van der Waals surface area contributed by atoms with Gasteiger partial charge in [-0.3, -0.25) is 9.59 Å². The minimum atomic E-state index is -0.297. The van der Waals surface area contributed by atoms with Crippen molar-refractivity contribution in [2.45, 2.75) is 31.3 Å². The van der Waals surface area contributed by atoms with Crippen LogP contribution in [0.1, 0.15) is 29.6 Å². The van der Waals surface area contributed by atoms with Gasteiger partial charge in [0.25, 0.3) is 5.91 Å². The number of rotatable bonds is 3. The topological polar surface area (TPSA) is 75.4 Å². The number of hydrogen-bond acceptors (Lipinski definition) is 3. The maximum atomic E-state index is 12.2. The van der Waals surface area contributed by atoms with Gasteiger partial charge in [-0.25, -0.2) is 0 Å². The van der Waals surface area contributed by atoms with E-state index in [4.69, 9.17) is 28.9 Å². The fourth-order valence-electron chi connectivity index (χ4n) is 2.55. The van der Waals surface area contributed by atoms with Crippen LogP contribution in [0.2, 0.25) is 10.0 Å². The van der Waals surface area contributed by atoms with Crippen molar-refractivity contribution in [2.75, 3.05) is 12.3 Å². The third-order valence-corrected chi connectivity index (χ3v) is 4.45. The third kappa shape index (κ3) is 2.94. The van der Waals surface area contributed by atoms with Crippen LogP contribution in [0.4, 0.5) is 5.69 Å². The average Bonchev–Trinajstić information content (AvgIpc) is 3.20. The molecule has 2 fully saturated rings. The number of nitrogens with two attached hydrogens (primary N) is 1. The summed E-state index contributed by atoms with van der Waals surface area (Å²) in [6, 6.07) is 3.17. The molecular weight excluding hydrogens is 313 g/mol. The maximum absolute atomic E-state index is 12.2. The standard InChI is InChI=1S/C14H15Cl2N3O2/c15-10-3-7(4-11(16)13(10)17)14(21)18-8-5-12(20)19(6-8)9-1-2-9/h3-4,8-9H,1-2,5-6,17H2,(H,18,21). The van der Waals surface area contributed by atoms with E-state index in [0.717, 1.165) is 12.8 Å². The molecule has 1 aliphatic heterocycles. The predicted molar refractivity (Wildman–Crippen MR) is 81.5 cm³/mol. The Balaban J connectivity index is 1.68. The van der Waals surface area contributed by atoms with Crippen LogP contribution in [0.15, 0.2) is 12.1 Å². The maximum Gasteiger partial charge on any atom is 0.251 e. The van der Waals surface area contributed by atoms with E-state index >= 15 is 0 Å². The second-order valence-electron chi connectivity index (χ2n) is 5.51. The average molecular weight is 328 g/mol. The van der Waals surface area contributed by atoms with Crippen LogP contribution in [-0.2, 0) is 4.79 Å². The fraction of sp³-hybridized carbons (Fsp3) is 0.429. The first-order valence-corrected chi connectivity index (χ1v) is 7.56. The van der Waals surface area contributed by atoms with Crippen molar-refractivity contribution in [1.82, 2.24) is 10.2 Å². The Labute approximate surface area is 132 Å². The molecule has 112 valence electrons. The minimum absolute atomic E-state index is 0.108. The van der Waals surface area contributed by atoms with Crippen LogP contribution in [0.5, 0.6) is 0 Å². The highest BCUT2D eigenvalue weighted by Crippen LogP contribution is 2.31. The number of benzene rings is 1. The lowest BCUT2D eigenvalue weighted by Gasteiger charge is -2.16. The molecule has 1 saturated carbocycles. The van der Waals surface area contributed by atoms with E-state index in [1.54, 1.807) is 0 Å². The molecule has 0 aromatic heterocycles. The Bertz CT molecular complexity index is 593. The molecule has 1 unspecified atom stereocenters. The summed E-state index contributed by atoms with van der Waals surface area (Å²) < 4.78 is 0. The van der Waals surface area contributed by atoms with Gasteiger partial charge in [-0.1, -0.05) is 23.2 Å². The number of carbonyl (C=O) groups is 2. The number of anilines is 1. The molecule has 1 saturated heterocycles. The zero-order valence-electron chi connectivity index (χ0n) is 11.2. The van der Waals surface area contributed by atoms with Gasteiger partial charge in [-0.2, -0.15) is 0 Å². The predicted octanol–water partition coefficient (Wildman–Crippen LogP) is 2.07. The second-order valence-corrected chi connectivity index (χ2v) is 6.32. The van der Waals surface area contributed by atoms with Gasteiger partial charge in [0.05, 0.1) is 21.8 Å². The molecule has 1 aromatic carbocycles. The number of hydrogen-bond donors (Lipinski definition) is 2. The molecule has 1 aromatic rings. The third-order valence-electron chi connectivity index (χ3n) is 3.82. The smallest absolute Gasteiger partial charge is 0.251 e. The summed E-state index contributed by atoms with van der Waals surface area (Å²) in [7, 11) is 0. The number of nitrogen functional groups attached to an aromatic ring is 1. The Morgan fingerprint density at radius 3 is 2.48 bits per heavy atom. The quantitative estimate of drug-likeness (QED) is 0.834. The second kappa shape index (κ2) is 5.39. The number of halogens is 2. The van der Waals surface area contributed by atoms with E-state index in [-0.39, 0.29) is 33.6 Å². The minimum Gasteiger partial charge on any atom is -0.396 e. The van der Waals surface area contributed by atoms with Crippen molar-refractivity contribution in [1.29, 1.82) is 0 Å². The lowest BCUT2D eigenvalue weighted by Crippen LogP contribution is -2.37. The zero-order valence-corrected chi connectivity index (χ0v) is 12.7. The summed E-state index contributed by atoms with van der Waals surface area (Å²) in [4.78, 5) is 25.9. The summed E-state index contributed by atoms with van der Waals surface area (Å²) >= 11 is 11.8. The first-order chi connectivity index (χ1) is 9.95. The summed E-state index contributed by atoms with van der Waals surface area (Å²) in [5, 5.41) is 3.34. The van der Waals surface area contributed by atoms with Crippen LogP contribution < -0.4 is 11.1 Å². The molecule has 2 aliphatic rings. The molecule has 0 bridgehead atoms. The van der Waals surface area contributed by atoms with E-state index in [9.17, 15) is 9.59 Å². The van der Waals surface area contributed by atoms with Crippen LogP contribution in [-0.4, -0.2) is 35.3 Å². The highest BCUT2D eigenvalue weighted by atomic mass is 35.5. The molecule has 1 atom stereocenters. The van der Waals surface area contributed by atoms with Crippen molar-refractivity contribution in [3.8, 4) is 0 Å². The molecule has 21 heavy (non-hydrogen) atoms. The number of nitrogens with zero attached hydrogens (tertiary/aromatic N) is 1. The Morgan fingerprint density at radius 1 is 1.29 bits per heavy atom. The monoisotopic (exact) mass is 327 g/mol. The van der Waals surface area contributed by atoms with Gasteiger partial charge in [-0.05, 0) is 25.0 Å². The molecule has 1 aliphatic carbocycles. The molecule has 0 spiro atoms. The van der Waals surface area contributed by atoms with Crippen LogP contribution >= 0.6 is 23.2 Å². The zero-order chi connectivity index (χ0) is 15.1. The molecule has 5 nitrogen and oxygen atoms in total. The SMILES string of the molecule is Nc1c(Cl)cc(C(=O)NC2CC(=O)N(C3CC3)C2)cc1Cl. The van der Waals surface area contributed by atoms with Gasteiger partial charge < -0.3 is 16.0 Å². The number of nitrogens with one attached hydrogen (secondary N) is 1. The Kier molecular flexibility index (Phi) is 3.71. The Hall–Kier alpha value is -1.46. The molecule has 3 rings (SSSR count). The van der Waals surface area contributed by atoms with Crippen molar-refractivity contribution in [2.24, 2.45) is 0 Å². The van der Waals surface area contributed by atoms with Gasteiger partial charge >= 0.3 is 0 Å². The van der Waals surface area contributed by atoms with Gasteiger partial charge in [0, 0.05) is 24.6 Å². The van der Waals surface area contributed by atoms with Crippen molar-refractivity contribution >= 4 is 40.7 Å². The first kappa shape index (κ1) is 14.5. The van der Waals surface area contributed by atoms with Gasteiger partial charge in [0.2, 0.25) is 5.91 Å². The highest BCUT2D eigenvalue weighted by molar-refractivity contribution is 6.39. The first-order valence-electron chi connectivity index (χ1n) is 6.80. The van der Waals surface area contributed by atoms with Crippen LogP contribution in [0.3, 0.4) is 0 Å². The number of likely N-dealkylation sites (tertiary alicyclic amines) is 1. The van der Waals surface area contributed by atoms with E-state index in [0.29, 0.717) is 24.6 Å². The van der Waals surface area contributed by atoms with E-state index in [2.05, 4.69) is 5.32 Å². The van der Waals surface area contributed by atoms with Gasteiger partial charge in [0.15, 0.2) is 0 Å². The van der Waals surface area contributed by atoms with E-state index in [1.807, 2.05) is 4.90 Å².